The lowest BCUT2D eigenvalue weighted by atomic mass is 10.0. The Balaban J connectivity index is 0.00000288. The Hall–Kier alpha value is -1.68. The zero-order chi connectivity index (χ0) is 16.5. The van der Waals surface area contributed by atoms with E-state index in [9.17, 15) is 5.11 Å². The fourth-order valence-corrected chi connectivity index (χ4v) is 2.18. The molecule has 2 aromatic rings. The Morgan fingerprint density at radius 3 is 2.62 bits per heavy atom. The average Bonchev–Trinajstić information content (AvgIpc) is 3.00. The van der Waals surface area contributed by atoms with Crippen molar-refractivity contribution in [2.45, 2.75) is 19.3 Å². The van der Waals surface area contributed by atoms with Crippen molar-refractivity contribution in [1.29, 1.82) is 0 Å². The maximum absolute atomic E-state index is 9.56. The highest BCUT2D eigenvalue weighted by Gasteiger charge is 2.11. The molecule has 0 amide bonds. The van der Waals surface area contributed by atoms with Crippen LogP contribution < -0.4 is 10.6 Å². The SMILES string of the molecule is CN=C(NCCc1nc(C)no1)NCC(CO)c1ccccc1.I. The van der Waals surface area contributed by atoms with E-state index in [0.29, 0.717) is 37.2 Å². The normalized spacial score (nSPS) is 12.4. The van der Waals surface area contributed by atoms with Gasteiger partial charge in [0, 0.05) is 32.5 Å². The Kier molecular flexibility index (Phi) is 9.31. The summed E-state index contributed by atoms with van der Waals surface area (Å²) < 4.78 is 5.06. The molecule has 0 saturated carbocycles. The van der Waals surface area contributed by atoms with Crippen molar-refractivity contribution in [2.24, 2.45) is 4.99 Å². The number of nitrogens with zero attached hydrogens (tertiary/aromatic N) is 3. The first-order chi connectivity index (χ1) is 11.2. The molecule has 3 N–H and O–H groups in total. The van der Waals surface area contributed by atoms with Crippen LogP contribution in [0.2, 0.25) is 0 Å². The number of guanidine groups is 1. The third-order valence-electron chi connectivity index (χ3n) is 3.43. The molecule has 1 aromatic carbocycles. The maximum atomic E-state index is 9.56. The molecule has 0 bridgehead atoms. The summed E-state index contributed by atoms with van der Waals surface area (Å²) in [4.78, 5) is 8.32. The molecular formula is C16H24IN5O2. The van der Waals surface area contributed by atoms with Gasteiger partial charge in [0.25, 0.3) is 0 Å². The van der Waals surface area contributed by atoms with Crippen LogP contribution in [0.3, 0.4) is 0 Å². The number of nitrogens with one attached hydrogen (secondary N) is 2. The highest BCUT2D eigenvalue weighted by atomic mass is 127. The van der Waals surface area contributed by atoms with Gasteiger partial charge in [-0.25, -0.2) is 0 Å². The Bertz CT molecular complexity index is 618. The fraction of sp³-hybridized carbons (Fsp3) is 0.438. The van der Waals surface area contributed by atoms with Gasteiger partial charge in [-0.1, -0.05) is 35.5 Å². The molecule has 0 spiro atoms. The largest absolute Gasteiger partial charge is 0.396 e. The van der Waals surface area contributed by atoms with Crippen molar-refractivity contribution >= 4 is 29.9 Å². The number of aliphatic hydroxyl groups excluding tert-OH is 1. The molecule has 0 saturated heterocycles. The lowest BCUT2D eigenvalue weighted by molar-refractivity contribution is 0.265. The molecule has 2 rings (SSSR count). The molecule has 1 aromatic heterocycles. The summed E-state index contributed by atoms with van der Waals surface area (Å²) in [5.74, 6) is 1.93. The van der Waals surface area contributed by atoms with Crippen LogP contribution in [-0.4, -0.2) is 48.0 Å². The van der Waals surface area contributed by atoms with Gasteiger partial charge in [-0.3, -0.25) is 4.99 Å². The fourth-order valence-electron chi connectivity index (χ4n) is 2.18. The van der Waals surface area contributed by atoms with E-state index >= 15 is 0 Å². The highest BCUT2D eigenvalue weighted by molar-refractivity contribution is 14.0. The standard InChI is InChI=1S/C16H23N5O2.HI/c1-12-20-15(23-21-12)8-9-18-16(17-2)19-10-14(11-22)13-6-4-3-5-7-13;/h3-7,14,22H,8-11H2,1-2H3,(H2,17,18,19);1H. The summed E-state index contributed by atoms with van der Waals surface area (Å²) in [7, 11) is 1.71. The van der Waals surface area contributed by atoms with Crippen molar-refractivity contribution in [3.63, 3.8) is 0 Å². The minimum atomic E-state index is 0. The van der Waals surface area contributed by atoms with E-state index in [-0.39, 0.29) is 36.5 Å². The Morgan fingerprint density at radius 2 is 2.04 bits per heavy atom. The van der Waals surface area contributed by atoms with Crippen molar-refractivity contribution in [1.82, 2.24) is 20.8 Å². The van der Waals surface area contributed by atoms with Crippen LogP contribution in [0.4, 0.5) is 0 Å². The summed E-state index contributed by atoms with van der Waals surface area (Å²) in [6.45, 7) is 3.10. The number of rotatable bonds is 7. The van der Waals surface area contributed by atoms with Gasteiger partial charge < -0.3 is 20.3 Å². The first-order valence-electron chi connectivity index (χ1n) is 7.62. The molecule has 0 fully saturated rings. The third kappa shape index (κ3) is 6.44. The second-order valence-electron chi connectivity index (χ2n) is 5.16. The number of hydrogen-bond acceptors (Lipinski definition) is 5. The highest BCUT2D eigenvalue weighted by Crippen LogP contribution is 2.13. The Morgan fingerprint density at radius 1 is 1.29 bits per heavy atom. The number of hydrogen-bond donors (Lipinski definition) is 3. The van der Waals surface area contributed by atoms with Crippen molar-refractivity contribution in [3.05, 3.63) is 47.6 Å². The quantitative estimate of drug-likeness (QED) is 0.340. The second-order valence-corrected chi connectivity index (χ2v) is 5.16. The first kappa shape index (κ1) is 20.4. The summed E-state index contributed by atoms with van der Waals surface area (Å²) in [5.41, 5.74) is 1.10. The molecule has 0 aliphatic rings. The molecule has 1 heterocycles. The number of aliphatic hydroxyl groups is 1. The van der Waals surface area contributed by atoms with E-state index in [1.54, 1.807) is 14.0 Å². The predicted molar refractivity (Wildman–Crippen MR) is 104 cm³/mol. The molecule has 0 aliphatic heterocycles. The van der Waals surface area contributed by atoms with Crippen LogP contribution in [0.15, 0.2) is 39.8 Å². The lowest BCUT2D eigenvalue weighted by Gasteiger charge is -2.17. The second kappa shape index (κ2) is 11.0. The summed E-state index contributed by atoms with van der Waals surface area (Å²) >= 11 is 0. The third-order valence-corrected chi connectivity index (χ3v) is 3.43. The van der Waals surface area contributed by atoms with Crippen LogP contribution >= 0.6 is 24.0 Å². The molecular weight excluding hydrogens is 421 g/mol. The smallest absolute Gasteiger partial charge is 0.228 e. The van der Waals surface area contributed by atoms with Gasteiger partial charge in [0.15, 0.2) is 11.8 Å². The number of aromatic nitrogens is 2. The van der Waals surface area contributed by atoms with Gasteiger partial charge in [0.2, 0.25) is 5.89 Å². The minimum absolute atomic E-state index is 0. The number of aryl methyl sites for hydroxylation is 1. The van der Waals surface area contributed by atoms with E-state index in [1.165, 1.54) is 0 Å². The zero-order valence-electron chi connectivity index (χ0n) is 13.9. The maximum Gasteiger partial charge on any atom is 0.228 e. The molecule has 132 valence electrons. The monoisotopic (exact) mass is 445 g/mol. The van der Waals surface area contributed by atoms with Gasteiger partial charge in [0.05, 0.1) is 6.61 Å². The van der Waals surface area contributed by atoms with E-state index < -0.39 is 0 Å². The summed E-state index contributed by atoms with van der Waals surface area (Å²) in [6, 6.07) is 9.92. The van der Waals surface area contributed by atoms with Gasteiger partial charge in [0.1, 0.15) is 0 Å². The Labute approximate surface area is 159 Å². The number of halogens is 1. The van der Waals surface area contributed by atoms with Crippen LogP contribution in [0.25, 0.3) is 0 Å². The minimum Gasteiger partial charge on any atom is -0.396 e. The van der Waals surface area contributed by atoms with E-state index in [0.717, 1.165) is 5.56 Å². The van der Waals surface area contributed by atoms with Gasteiger partial charge in [-0.2, -0.15) is 4.98 Å². The molecule has 0 aliphatic carbocycles. The van der Waals surface area contributed by atoms with Crippen LogP contribution in [0, 0.1) is 6.92 Å². The average molecular weight is 445 g/mol. The molecule has 0 radical (unpaired) electrons. The number of aliphatic imine (C=N–C) groups is 1. The molecule has 24 heavy (non-hydrogen) atoms. The van der Waals surface area contributed by atoms with Crippen molar-refractivity contribution in [2.75, 3.05) is 26.7 Å². The first-order valence-corrected chi connectivity index (χ1v) is 7.62. The lowest BCUT2D eigenvalue weighted by Crippen LogP contribution is -2.40. The molecule has 1 atom stereocenters. The van der Waals surface area contributed by atoms with Gasteiger partial charge >= 0.3 is 0 Å². The summed E-state index contributed by atoms with van der Waals surface area (Å²) in [5, 5.41) is 19.7. The van der Waals surface area contributed by atoms with Crippen molar-refractivity contribution < 1.29 is 9.63 Å². The van der Waals surface area contributed by atoms with E-state index in [1.807, 2.05) is 30.3 Å². The molecule has 8 heteroatoms. The van der Waals surface area contributed by atoms with Crippen LogP contribution in [-0.2, 0) is 6.42 Å². The van der Waals surface area contributed by atoms with Gasteiger partial charge in [-0.05, 0) is 12.5 Å². The number of benzene rings is 1. The summed E-state index contributed by atoms with van der Waals surface area (Å²) in [6.07, 6.45) is 0.629. The van der Waals surface area contributed by atoms with E-state index in [2.05, 4.69) is 25.8 Å². The topological polar surface area (TPSA) is 95.6 Å². The zero-order valence-corrected chi connectivity index (χ0v) is 16.2. The molecule has 1 unspecified atom stereocenters. The van der Waals surface area contributed by atoms with Crippen LogP contribution in [0.5, 0.6) is 0 Å². The van der Waals surface area contributed by atoms with Crippen molar-refractivity contribution in [3.8, 4) is 0 Å². The van der Waals surface area contributed by atoms with Gasteiger partial charge in [-0.15, -0.1) is 24.0 Å². The predicted octanol–water partition coefficient (Wildman–Crippen LogP) is 1.48. The van der Waals surface area contributed by atoms with E-state index in [4.69, 9.17) is 4.52 Å². The molecule has 7 nitrogen and oxygen atoms in total. The van der Waals surface area contributed by atoms with Crippen LogP contribution in [0.1, 0.15) is 23.2 Å².